The summed E-state index contributed by atoms with van der Waals surface area (Å²) in [5.74, 6) is 0.728. The van der Waals surface area contributed by atoms with Gasteiger partial charge in [0.1, 0.15) is 0 Å². The molecule has 0 bridgehead atoms. The van der Waals surface area contributed by atoms with Crippen LogP contribution >= 0.6 is 0 Å². The predicted molar refractivity (Wildman–Crippen MR) is 87.2 cm³/mol. The van der Waals surface area contributed by atoms with E-state index in [-0.39, 0.29) is 0 Å². The van der Waals surface area contributed by atoms with E-state index in [2.05, 4.69) is 45.0 Å². The number of hydrogen-bond donors (Lipinski definition) is 1. The summed E-state index contributed by atoms with van der Waals surface area (Å²) < 4.78 is 5.82. The van der Waals surface area contributed by atoms with Crippen molar-refractivity contribution >= 4 is 0 Å². The Kier molecular flexibility index (Phi) is 8.08. The van der Waals surface area contributed by atoms with Crippen molar-refractivity contribution in [3.8, 4) is 0 Å². The summed E-state index contributed by atoms with van der Waals surface area (Å²) in [6.07, 6.45) is 5.00. The van der Waals surface area contributed by atoms with Crippen molar-refractivity contribution in [3.05, 3.63) is 0 Å². The minimum absolute atomic E-state index is 0.310. The Morgan fingerprint density at radius 1 is 1.25 bits per heavy atom. The van der Waals surface area contributed by atoms with E-state index in [1.807, 2.05) is 0 Å². The van der Waals surface area contributed by atoms with Gasteiger partial charge in [-0.2, -0.15) is 0 Å². The summed E-state index contributed by atoms with van der Waals surface area (Å²) in [7, 11) is 2.07. The van der Waals surface area contributed by atoms with Crippen LogP contribution in [0.15, 0.2) is 0 Å². The number of nitrogens with one attached hydrogen (secondary N) is 1. The van der Waals surface area contributed by atoms with Crippen LogP contribution < -0.4 is 5.32 Å². The van der Waals surface area contributed by atoms with Crippen LogP contribution in [0.2, 0.25) is 0 Å². The first-order valence-corrected chi connectivity index (χ1v) is 8.53. The molecule has 0 saturated carbocycles. The molecular weight excluding hydrogens is 248 g/mol. The number of hydrogen-bond acceptors (Lipinski definition) is 3. The molecule has 1 aliphatic heterocycles. The molecule has 3 nitrogen and oxygen atoms in total. The molecule has 0 amide bonds. The van der Waals surface area contributed by atoms with Crippen LogP contribution in [0.1, 0.15) is 53.4 Å². The molecule has 1 heterocycles. The number of rotatable bonds is 9. The molecule has 0 spiro atoms. The molecule has 0 radical (unpaired) electrons. The van der Waals surface area contributed by atoms with Crippen LogP contribution in [0, 0.1) is 11.3 Å². The van der Waals surface area contributed by atoms with E-state index in [0.717, 1.165) is 25.7 Å². The molecule has 1 saturated heterocycles. The normalized spacial score (nSPS) is 24.0. The quantitative estimate of drug-likeness (QED) is 0.704. The summed E-state index contributed by atoms with van der Waals surface area (Å²) in [6, 6.07) is 0.716. The minimum Gasteiger partial charge on any atom is -0.381 e. The lowest BCUT2D eigenvalue weighted by Gasteiger charge is -2.43. The van der Waals surface area contributed by atoms with Crippen molar-refractivity contribution in [2.75, 3.05) is 39.9 Å². The third-order valence-corrected chi connectivity index (χ3v) is 4.55. The van der Waals surface area contributed by atoms with E-state index in [1.54, 1.807) is 0 Å². The molecule has 3 heteroatoms. The Morgan fingerprint density at radius 2 is 1.95 bits per heavy atom. The molecule has 20 heavy (non-hydrogen) atoms. The third-order valence-electron chi connectivity index (χ3n) is 4.55. The topological polar surface area (TPSA) is 24.5 Å². The Balaban J connectivity index is 2.77. The fourth-order valence-corrected chi connectivity index (χ4v) is 3.65. The predicted octanol–water partition coefficient (Wildman–Crippen LogP) is 3.15. The summed E-state index contributed by atoms with van der Waals surface area (Å²) in [6.45, 7) is 14.6. The molecule has 0 aromatic rings. The van der Waals surface area contributed by atoms with E-state index in [9.17, 15) is 0 Å². The maximum absolute atomic E-state index is 5.82. The second kappa shape index (κ2) is 9.01. The van der Waals surface area contributed by atoms with Crippen LogP contribution in [0.3, 0.4) is 0 Å². The monoisotopic (exact) mass is 284 g/mol. The van der Waals surface area contributed by atoms with Gasteiger partial charge >= 0.3 is 0 Å². The van der Waals surface area contributed by atoms with Gasteiger partial charge in [-0.3, -0.25) is 4.90 Å². The lowest BCUT2D eigenvalue weighted by Crippen LogP contribution is -2.51. The third kappa shape index (κ3) is 5.34. The van der Waals surface area contributed by atoms with E-state index in [0.29, 0.717) is 11.5 Å². The van der Waals surface area contributed by atoms with Crippen molar-refractivity contribution in [2.45, 2.75) is 59.4 Å². The number of nitrogens with zero attached hydrogens (tertiary/aromatic N) is 1. The van der Waals surface area contributed by atoms with E-state index in [1.165, 1.54) is 38.8 Å². The lowest BCUT2D eigenvalue weighted by atomic mass is 9.81. The molecular formula is C17H36N2O. The first-order valence-electron chi connectivity index (χ1n) is 8.53. The molecule has 0 aromatic heterocycles. The van der Waals surface area contributed by atoms with Gasteiger partial charge in [0.2, 0.25) is 0 Å². The minimum atomic E-state index is 0.310. The van der Waals surface area contributed by atoms with Crippen LogP contribution in [0.4, 0.5) is 0 Å². The summed E-state index contributed by atoms with van der Waals surface area (Å²) >= 11 is 0. The second-order valence-corrected chi connectivity index (χ2v) is 6.98. The van der Waals surface area contributed by atoms with Gasteiger partial charge in [0.05, 0.1) is 6.61 Å². The Bertz CT molecular complexity index is 240. The average molecular weight is 284 g/mol. The molecule has 1 atom stereocenters. The van der Waals surface area contributed by atoms with Gasteiger partial charge in [0.25, 0.3) is 0 Å². The highest BCUT2D eigenvalue weighted by atomic mass is 16.5. The van der Waals surface area contributed by atoms with Crippen molar-refractivity contribution in [1.82, 2.24) is 10.2 Å². The number of ether oxygens (including phenoxy) is 1. The maximum atomic E-state index is 5.82. The van der Waals surface area contributed by atoms with Gasteiger partial charge in [-0.25, -0.2) is 0 Å². The highest BCUT2D eigenvalue weighted by Gasteiger charge is 2.35. The Morgan fingerprint density at radius 3 is 2.40 bits per heavy atom. The van der Waals surface area contributed by atoms with Crippen molar-refractivity contribution < 1.29 is 4.74 Å². The summed E-state index contributed by atoms with van der Waals surface area (Å²) in [5.41, 5.74) is 0.310. The smallest absolute Gasteiger partial charge is 0.0546 e. The molecule has 1 N–H and O–H groups in total. The zero-order chi connectivity index (χ0) is 15.0. The molecule has 1 rings (SSSR count). The molecule has 120 valence electrons. The van der Waals surface area contributed by atoms with Crippen molar-refractivity contribution in [2.24, 2.45) is 11.3 Å². The fourth-order valence-electron chi connectivity index (χ4n) is 3.65. The first-order chi connectivity index (χ1) is 9.56. The van der Waals surface area contributed by atoms with Crippen LogP contribution in [0.25, 0.3) is 0 Å². The first kappa shape index (κ1) is 17.9. The van der Waals surface area contributed by atoms with E-state index in [4.69, 9.17) is 4.74 Å². The highest BCUT2D eigenvalue weighted by molar-refractivity contribution is 4.88. The van der Waals surface area contributed by atoms with Gasteiger partial charge < -0.3 is 10.1 Å². The fraction of sp³-hybridized carbons (Fsp3) is 1.00. The molecule has 1 unspecified atom stereocenters. The van der Waals surface area contributed by atoms with E-state index < -0.39 is 0 Å². The standard InChI is InChI=1S/C17H36N2O/c1-6-16(7-2)19(11-15(3)4)13-17(12-18-5)9-8-10-20-14-17/h15-16,18H,6-14H2,1-5H3. The zero-order valence-corrected chi connectivity index (χ0v) is 14.4. The van der Waals surface area contributed by atoms with Gasteiger partial charge in [-0.15, -0.1) is 0 Å². The Hall–Kier alpha value is -0.120. The summed E-state index contributed by atoms with van der Waals surface area (Å²) in [4.78, 5) is 2.73. The molecule has 0 aliphatic carbocycles. The van der Waals surface area contributed by atoms with Crippen molar-refractivity contribution in [1.29, 1.82) is 0 Å². The van der Waals surface area contributed by atoms with Crippen LogP contribution in [-0.2, 0) is 4.74 Å². The van der Waals surface area contributed by atoms with Gasteiger partial charge in [0, 0.05) is 37.7 Å². The molecule has 1 fully saturated rings. The highest BCUT2D eigenvalue weighted by Crippen LogP contribution is 2.30. The summed E-state index contributed by atoms with van der Waals surface area (Å²) in [5, 5.41) is 3.41. The SMILES string of the molecule is CCC(CC)N(CC(C)C)CC1(CNC)CCCOC1. The lowest BCUT2D eigenvalue weighted by molar-refractivity contribution is -0.0348. The van der Waals surface area contributed by atoms with Gasteiger partial charge in [-0.1, -0.05) is 27.7 Å². The van der Waals surface area contributed by atoms with Crippen LogP contribution in [-0.4, -0.2) is 50.8 Å². The molecule has 0 aromatic carbocycles. The van der Waals surface area contributed by atoms with Crippen molar-refractivity contribution in [3.63, 3.8) is 0 Å². The van der Waals surface area contributed by atoms with Gasteiger partial charge in [0.15, 0.2) is 0 Å². The largest absolute Gasteiger partial charge is 0.381 e. The molecule has 1 aliphatic rings. The Labute approximate surface area is 126 Å². The second-order valence-electron chi connectivity index (χ2n) is 6.98. The average Bonchev–Trinajstić information content (AvgIpc) is 2.40. The van der Waals surface area contributed by atoms with Crippen LogP contribution in [0.5, 0.6) is 0 Å². The van der Waals surface area contributed by atoms with E-state index >= 15 is 0 Å². The van der Waals surface area contributed by atoms with Gasteiger partial charge in [-0.05, 0) is 38.6 Å². The maximum Gasteiger partial charge on any atom is 0.0546 e. The zero-order valence-electron chi connectivity index (χ0n) is 14.4.